The lowest BCUT2D eigenvalue weighted by atomic mass is 10.1. The number of carbonyl (C=O) groups is 1. The summed E-state index contributed by atoms with van der Waals surface area (Å²) in [5, 5.41) is 9.30. The summed E-state index contributed by atoms with van der Waals surface area (Å²) in [5.74, 6) is -0.362. The Morgan fingerprint density at radius 2 is 2.35 bits per heavy atom. The molecule has 0 bridgehead atoms. The van der Waals surface area contributed by atoms with E-state index in [9.17, 15) is 4.79 Å². The van der Waals surface area contributed by atoms with Gasteiger partial charge in [-0.25, -0.2) is 0 Å². The Morgan fingerprint density at radius 1 is 1.65 bits per heavy atom. The summed E-state index contributed by atoms with van der Waals surface area (Å²) in [5.41, 5.74) is 0.356. The largest absolute Gasteiger partial charge is 0.490 e. The van der Waals surface area contributed by atoms with Crippen LogP contribution >= 0.6 is 11.6 Å². The molecule has 0 amide bonds. The van der Waals surface area contributed by atoms with Gasteiger partial charge in [-0.1, -0.05) is 11.6 Å². The third-order valence-electron chi connectivity index (χ3n) is 2.53. The summed E-state index contributed by atoms with van der Waals surface area (Å²) in [6.45, 7) is 3.04. The van der Waals surface area contributed by atoms with E-state index in [0.29, 0.717) is 29.5 Å². The summed E-state index contributed by atoms with van der Waals surface area (Å²) in [4.78, 5) is 10.7. The van der Waals surface area contributed by atoms with Crippen LogP contribution in [0.3, 0.4) is 0 Å². The smallest absolute Gasteiger partial charge is 0.307 e. The topological polar surface area (TPSA) is 59.1 Å². The Morgan fingerprint density at radius 3 is 2.94 bits per heavy atom. The van der Waals surface area contributed by atoms with Gasteiger partial charge in [-0.2, -0.15) is 0 Å². The molecule has 0 aliphatic carbocycles. The molecule has 4 nitrogen and oxygen atoms in total. The van der Waals surface area contributed by atoms with Crippen molar-refractivity contribution >= 4 is 17.6 Å². The summed E-state index contributed by atoms with van der Waals surface area (Å²) >= 11 is 5.83. The average Bonchev–Trinajstić information content (AvgIpc) is 2.95. The molecule has 0 aromatic heterocycles. The van der Waals surface area contributed by atoms with Crippen LogP contribution in [0.1, 0.15) is 12.5 Å². The van der Waals surface area contributed by atoms with Gasteiger partial charge in [0.05, 0.1) is 13.0 Å². The van der Waals surface area contributed by atoms with Gasteiger partial charge in [-0.3, -0.25) is 4.79 Å². The van der Waals surface area contributed by atoms with E-state index in [2.05, 4.69) is 0 Å². The molecule has 5 heteroatoms. The third kappa shape index (κ3) is 3.35. The van der Waals surface area contributed by atoms with Gasteiger partial charge in [0, 0.05) is 10.6 Å². The highest BCUT2D eigenvalue weighted by Gasteiger charge is 2.40. The van der Waals surface area contributed by atoms with Gasteiger partial charge in [-0.05, 0) is 25.1 Å². The van der Waals surface area contributed by atoms with Crippen molar-refractivity contribution in [2.75, 3.05) is 13.2 Å². The molecule has 0 radical (unpaired) electrons. The molecular formula is C12H13ClO4. The Labute approximate surface area is 104 Å². The molecule has 0 unspecified atom stereocenters. The number of rotatable bonds is 5. The average molecular weight is 257 g/mol. The van der Waals surface area contributed by atoms with E-state index in [0.717, 1.165) is 0 Å². The minimum absolute atomic E-state index is 0.104. The highest BCUT2D eigenvalue weighted by molar-refractivity contribution is 6.30. The van der Waals surface area contributed by atoms with Crippen LogP contribution in [0.15, 0.2) is 18.2 Å². The second-order valence-electron chi connectivity index (χ2n) is 4.35. The fourth-order valence-electron chi connectivity index (χ4n) is 1.43. The van der Waals surface area contributed by atoms with Gasteiger partial charge in [-0.15, -0.1) is 0 Å². The number of ether oxygens (including phenoxy) is 2. The highest BCUT2D eigenvalue weighted by Crippen LogP contribution is 2.29. The molecule has 0 saturated carbocycles. The Balaban J connectivity index is 2.10. The molecule has 1 aromatic rings. The fourth-order valence-corrected chi connectivity index (χ4v) is 1.62. The first-order valence-corrected chi connectivity index (χ1v) is 5.63. The van der Waals surface area contributed by atoms with Crippen molar-refractivity contribution in [3.05, 3.63) is 28.8 Å². The van der Waals surface area contributed by atoms with Crippen molar-refractivity contribution in [2.45, 2.75) is 18.9 Å². The first-order chi connectivity index (χ1) is 7.98. The van der Waals surface area contributed by atoms with E-state index < -0.39 is 5.97 Å². The molecule has 0 spiro atoms. The number of carboxylic acids is 1. The molecule has 1 atom stereocenters. The van der Waals surface area contributed by atoms with Crippen LogP contribution in [-0.2, 0) is 16.0 Å². The van der Waals surface area contributed by atoms with Gasteiger partial charge in [0.1, 0.15) is 18.0 Å². The monoisotopic (exact) mass is 256 g/mol. The zero-order valence-electron chi connectivity index (χ0n) is 9.40. The van der Waals surface area contributed by atoms with Gasteiger partial charge in [0.2, 0.25) is 0 Å². The molecule has 1 aliphatic rings. The second kappa shape index (κ2) is 4.55. The lowest BCUT2D eigenvalue weighted by Crippen LogP contribution is -2.17. The van der Waals surface area contributed by atoms with E-state index in [1.54, 1.807) is 18.2 Å². The molecule has 1 fully saturated rings. The van der Waals surface area contributed by atoms with Crippen molar-refractivity contribution < 1.29 is 19.4 Å². The molecule has 1 N–H and O–H groups in total. The Bertz CT molecular complexity index is 440. The lowest BCUT2D eigenvalue weighted by Gasteiger charge is -2.12. The van der Waals surface area contributed by atoms with Crippen LogP contribution in [0.5, 0.6) is 5.75 Å². The minimum Gasteiger partial charge on any atom is -0.490 e. The maximum atomic E-state index is 10.7. The lowest BCUT2D eigenvalue weighted by molar-refractivity contribution is -0.136. The number of hydrogen-bond acceptors (Lipinski definition) is 3. The zero-order chi connectivity index (χ0) is 12.5. The number of hydrogen-bond donors (Lipinski definition) is 1. The molecule has 1 aromatic carbocycles. The van der Waals surface area contributed by atoms with Gasteiger partial charge in [0.25, 0.3) is 0 Å². The van der Waals surface area contributed by atoms with Crippen LogP contribution in [0.2, 0.25) is 5.02 Å². The summed E-state index contributed by atoms with van der Waals surface area (Å²) in [6.07, 6.45) is -0.104. The van der Waals surface area contributed by atoms with Crippen molar-refractivity contribution in [1.29, 1.82) is 0 Å². The molecule has 1 heterocycles. The first-order valence-electron chi connectivity index (χ1n) is 5.25. The van der Waals surface area contributed by atoms with Crippen molar-refractivity contribution in [3.63, 3.8) is 0 Å². The summed E-state index contributed by atoms with van der Waals surface area (Å²) in [6, 6.07) is 4.98. The van der Waals surface area contributed by atoms with E-state index in [4.69, 9.17) is 26.2 Å². The number of benzene rings is 1. The van der Waals surface area contributed by atoms with Gasteiger partial charge >= 0.3 is 5.97 Å². The minimum atomic E-state index is -0.911. The molecule has 17 heavy (non-hydrogen) atoms. The number of halogens is 1. The predicted molar refractivity (Wildman–Crippen MR) is 62.6 cm³/mol. The van der Waals surface area contributed by atoms with Gasteiger partial charge < -0.3 is 14.6 Å². The van der Waals surface area contributed by atoms with E-state index >= 15 is 0 Å². The molecule has 1 saturated heterocycles. The van der Waals surface area contributed by atoms with Gasteiger partial charge in [0.15, 0.2) is 0 Å². The third-order valence-corrected chi connectivity index (χ3v) is 2.77. The predicted octanol–water partition coefficient (Wildman–Crippen LogP) is 2.13. The van der Waals surface area contributed by atoms with Crippen LogP contribution in [0.4, 0.5) is 0 Å². The second-order valence-corrected chi connectivity index (χ2v) is 4.79. The van der Waals surface area contributed by atoms with Crippen molar-refractivity contribution in [2.24, 2.45) is 0 Å². The first kappa shape index (κ1) is 12.2. The van der Waals surface area contributed by atoms with E-state index in [1.807, 2.05) is 6.92 Å². The number of carboxylic acid groups (broad SMARTS) is 1. The number of aliphatic carboxylic acids is 1. The maximum absolute atomic E-state index is 10.7. The molecule has 92 valence electrons. The normalized spacial score (nSPS) is 22.2. The molecule has 2 rings (SSSR count). The summed E-state index contributed by atoms with van der Waals surface area (Å²) in [7, 11) is 0. The van der Waals surface area contributed by atoms with E-state index in [1.165, 1.54) is 0 Å². The Hall–Kier alpha value is -1.26. The van der Waals surface area contributed by atoms with E-state index in [-0.39, 0.29) is 12.0 Å². The highest BCUT2D eigenvalue weighted by atomic mass is 35.5. The standard InChI is InChI=1S/C12H13ClO4/c1-12(7-17-12)6-16-10-3-2-9(13)4-8(10)5-11(14)15/h2-4H,5-7H2,1H3,(H,14,15)/t12-/m1/s1. The van der Waals surface area contributed by atoms with Crippen LogP contribution in [-0.4, -0.2) is 29.9 Å². The van der Waals surface area contributed by atoms with Crippen LogP contribution in [0.25, 0.3) is 0 Å². The fraction of sp³-hybridized carbons (Fsp3) is 0.417. The Kier molecular flexibility index (Phi) is 3.26. The SMILES string of the molecule is C[C@@]1(COc2ccc(Cl)cc2CC(=O)O)CO1. The zero-order valence-corrected chi connectivity index (χ0v) is 10.2. The quantitative estimate of drug-likeness (QED) is 0.820. The van der Waals surface area contributed by atoms with Crippen molar-refractivity contribution in [3.8, 4) is 5.75 Å². The number of epoxide rings is 1. The van der Waals surface area contributed by atoms with Crippen LogP contribution < -0.4 is 4.74 Å². The summed E-state index contributed by atoms with van der Waals surface area (Å²) < 4.78 is 10.8. The van der Waals surface area contributed by atoms with Crippen LogP contribution in [0, 0.1) is 0 Å². The maximum Gasteiger partial charge on any atom is 0.307 e. The molecule has 1 aliphatic heterocycles. The molecular weight excluding hydrogens is 244 g/mol. The van der Waals surface area contributed by atoms with Crippen molar-refractivity contribution in [1.82, 2.24) is 0 Å².